The molecule has 0 amide bonds. The van der Waals surface area contributed by atoms with Crippen molar-refractivity contribution in [3.05, 3.63) is 23.3 Å². The Morgan fingerprint density at radius 1 is 0.727 bits per heavy atom. The summed E-state index contributed by atoms with van der Waals surface area (Å²) in [5.74, 6) is 0.381. The molecular weight excluding hydrogens is 653 g/mol. The van der Waals surface area contributed by atoms with Gasteiger partial charge in [0, 0.05) is 54.0 Å². The maximum Gasteiger partial charge on any atom is 0.341 e. The zero-order valence-electron chi connectivity index (χ0n) is 30.8. The van der Waals surface area contributed by atoms with Gasteiger partial charge in [-0.05, 0) is 75.2 Å². The van der Waals surface area contributed by atoms with Gasteiger partial charge >= 0.3 is 25.7 Å². The first-order valence-electron chi connectivity index (χ1n) is 16.6. The van der Waals surface area contributed by atoms with Crippen molar-refractivity contribution < 1.29 is 26.6 Å². The van der Waals surface area contributed by atoms with E-state index in [1.165, 1.54) is 11.6 Å². The average Bonchev–Trinajstić information content (AvgIpc) is 3.02. The Morgan fingerprint density at radius 2 is 1.20 bits per heavy atom. The van der Waals surface area contributed by atoms with Gasteiger partial charge in [0.25, 0.3) is 0 Å². The second kappa shape index (κ2) is 20.5. The molecule has 14 heteroatoms. The summed E-state index contributed by atoms with van der Waals surface area (Å²) in [5.41, 5.74) is 3.37. The molecule has 44 heavy (non-hydrogen) atoms. The van der Waals surface area contributed by atoms with Crippen molar-refractivity contribution >= 4 is 63.2 Å². The monoisotopic (exact) mass is 720 g/mol. The summed E-state index contributed by atoms with van der Waals surface area (Å²) in [7, 11) is 1.84. The second-order valence-corrected chi connectivity index (χ2v) is 32.0. The van der Waals surface area contributed by atoms with E-state index in [1.807, 2.05) is 14.2 Å². The van der Waals surface area contributed by atoms with E-state index in [9.17, 15) is 0 Å². The van der Waals surface area contributed by atoms with Crippen LogP contribution in [0.15, 0.2) is 12.1 Å². The first kappa shape index (κ1) is 42.2. The summed E-state index contributed by atoms with van der Waals surface area (Å²) in [4.78, 5) is 0. The lowest BCUT2D eigenvalue weighted by molar-refractivity contribution is 0.240. The lowest BCUT2D eigenvalue weighted by Gasteiger charge is -2.33. The molecule has 0 bridgehead atoms. The van der Waals surface area contributed by atoms with Crippen LogP contribution in [-0.2, 0) is 33.0 Å². The molecule has 1 unspecified atom stereocenters. The van der Waals surface area contributed by atoms with Gasteiger partial charge in [-0.2, -0.15) is 0 Å². The topological polar surface area (TPSA) is 79.4 Å². The molecule has 1 aromatic carbocycles. The minimum absolute atomic E-state index is 0.274. The maximum absolute atomic E-state index is 6.06. The largest absolute Gasteiger partial charge is 0.398 e. The molecule has 258 valence electrons. The second-order valence-electron chi connectivity index (χ2n) is 13.2. The van der Waals surface area contributed by atoms with Gasteiger partial charge in [-0.3, -0.25) is 0 Å². The smallest absolute Gasteiger partial charge is 0.341 e. The molecule has 0 spiro atoms. The molecule has 1 rings (SSSR count). The predicted molar refractivity (Wildman–Crippen MR) is 204 cm³/mol. The third-order valence-electron chi connectivity index (χ3n) is 9.73. The molecule has 0 heterocycles. The van der Waals surface area contributed by atoms with E-state index in [4.69, 9.17) is 26.6 Å². The highest BCUT2D eigenvalue weighted by molar-refractivity contribution is 6.82. The summed E-state index contributed by atoms with van der Waals surface area (Å²) in [6, 6.07) is 8.13. The number of hydrogen-bond donors (Lipinski definition) is 2. The molecule has 0 fully saturated rings. The standard InChI is InChI=1S/C30H68N2O6Si6/c1-25(44(14,37-6)38-7)26-17-18-28(40(8)9)29(41(10)11)27(26)19-22-39-30(31-20-15-23-42(12,33-2)34-3)32-21-16-24-43(13,35-4)36-5/h17-18,25,30-32,40-41H,15-16,19-24,39H2,1-14H3. The van der Waals surface area contributed by atoms with Crippen LogP contribution in [0.5, 0.6) is 0 Å². The van der Waals surface area contributed by atoms with E-state index in [2.05, 4.69) is 75.5 Å². The summed E-state index contributed by atoms with van der Waals surface area (Å²) in [6.45, 7) is 20.7. The van der Waals surface area contributed by atoms with Crippen LogP contribution in [0.1, 0.15) is 36.4 Å². The van der Waals surface area contributed by atoms with Crippen molar-refractivity contribution in [1.29, 1.82) is 0 Å². The highest BCUT2D eigenvalue weighted by atomic mass is 28.4. The minimum atomic E-state index is -2.34. The molecule has 0 aliphatic rings. The summed E-state index contributed by atoms with van der Waals surface area (Å²) >= 11 is 0. The summed E-state index contributed by atoms with van der Waals surface area (Å²) in [6.07, 6.45) is 3.26. The molecule has 0 aliphatic carbocycles. The first-order valence-corrected chi connectivity index (χ1v) is 31.7. The van der Waals surface area contributed by atoms with Crippen LogP contribution in [0.4, 0.5) is 0 Å². The van der Waals surface area contributed by atoms with Gasteiger partial charge in [-0.15, -0.1) is 0 Å². The van der Waals surface area contributed by atoms with Gasteiger partial charge < -0.3 is 37.2 Å². The molecule has 0 aliphatic heterocycles. The highest BCUT2D eigenvalue weighted by Gasteiger charge is 2.39. The number of benzene rings is 1. The number of nitrogens with one attached hydrogen (secondary N) is 2. The molecule has 0 radical (unpaired) electrons. The van der Waals surface area contributed by atoms with E-state index in [1.54, 1.807) is 44.4 Å². The van der Waals surface area contributed by atoms with Gasteiger partial charge in [0.1, 0.15) is 0 Å². The highest BCUT2D eigenvalue weighted by Crippen LogP contribution is 2.30. The first-order chi connectivity index (χ1) is 20.7. The van der Waals surface area contributed by atoms with Crippen molar-refractivity contribution in [2.24, 2.45) is 0 Å². The van der Waals surface area contributed by atoms with E-state index >= 15 is 0 Å². The average molecular weight is 721 g/mol. The fourth-order valence-corrected chi connectivity index (χ4v) is 17.3. The fourth-order valence-electron chi connectivity index (χ4n) is 5.99. The fraction of sp³-hybridized carbons (Fsp3) is 0.800. The molecule has 2 N–H and O–H groups in total. The summed E-state index contributed by atoms with van der Waals surface area (Å²) < 4.78 is 35.0. The Bertz CT molecular complexity index is 923. The van der Waals surface area contributed by atoms with Crippen LogP contribution < -0.4 is 21.0 Å². The van der Waals surface area contributed by atoms with Crippen LogP contribution in [0.3, 0.4) is 0 Å². The van der Waals surface area contributed by atoms with E-state index in [0.717, 1.165) is 44.4 Å². The zero-order valence-corrected chi connectivity index (χ0v) is 37.5. The quantitative estimate of drug-likeness (QED) is 0.0959. The minimum Gasteiger partial charge on any atom is -0.398 e. The van der Waals surface area contributed by atoms with Crippen LogP contribution in [0, 0.1) is 0 Å². The molecule has 1 aromatic rings. The van der Waals surface area contributed by atoms with Gasteiger partial charge in [-0.1, -0.05) is 61.7 Å². The molecule has 0 aromatic heterocycles. The lowest BCUT2D eigenvalue weighted by Crippen LogP contribution is -2.50. The predicted octanol–water partition coefficient (Wildman–Crippen LogP) is 3.18. The third kappa shape index (κ3) is 12.7. The van der Waals surface area contributed by atoms with Crippen LogP contribution in [-0.4, -0.2) is 114 Å². The number of hydrogen-bond acceptors (Lipinski definition) is 8. The summed E-state index contributed by atoms with van der Waals surface area (Å²) in [5, 5.41) is 11.2. The van der Waals surface area contributed by atoms with Gasteiger partial charge in [0.05, 0.1) is 27.1 Å². The Labute approximate surface area is 279 Å². The molecular formula is C30H68N2O6Si6. The van der Waals surface area contributed by atoms with Crippen molar-refractivity contribution in [2.75, 3.05) is 55.7 Å². The molecule has 0 saturated carbocycles. The van der Waals surface area contributed by atoms with Gasteiger partial charge in [-0.25, -0.2) is 0 Å². The number of rotatable bonds is 24. The van der Waals surface area contributed by atoms with Crippen molar-refractivity contribution in [1.82, 2.24) is 10.6 Å². The Hall–Kier alpha value is 0.201. The molecule has 8 nitrogen and oxygen atoms in total. The third-order valence-corrected chi connectivity index (χ3v) is 25.1. The van der Waals surface area contributed by atoms with E-state index in [-0.39, 0.29) is 5.54 Å². The van der Waals surface area contributed by atoms with E-state index < -0.39 is 52.8 Å². The Kier molecular flexibility index (Phi) is 19.7. The molecule has 1 atom stereocenters. The van der Waals surface area contributed by atoms with Gasteiger partial charge in [0.2, 0.25) is 0 Å². The van der Waals surface area contributed by atoms with Crippen molar-refractivity contribution in [3.63, 3.8) is 0 Å². The van der Waals surface area contributed by atoms with Crippen LogP contribution >= 0.6 is 0 Å². The maximum atomic E-state index is 6.06. The normalized spacial score (nSPS) is 14.2. The SMILES string of the molecule is CO[Si](C)(CCCNC(NCCC[Si](C)(OC)OC)[SiH2]CCc1c(C(C)[Si](C)(OC)OC)ccc([SiH](C)C)c1[SiH](C)C)OC. The van der Waals surface area contributed by atoms with Crippen molar-refractivity contribution in [3.8, 4) is 0 Å². The van der Waals surface area contributed by atoms with Crippen LogP contribution in [0.2, 0.25) is 64.0 Å². The molecule has 0 saturated heterocycles. The van der Waals surface area contributed by atoms with Gasteiger partial charge in [0.15, 0.2) is 0 Å². The van der Waals surface area contributed by atoms with Crippen molar-refractivity contribution in [2.45, 2.75) is 101 Å². The van der Waals surface area contributed by atoms with E-state index in [0.29, 0.717) is 5.79 Å². The van der Waals surface area contributed by atoms with Crippen LogP contribution in [0.25, 0.3) is 0 Å². The zero-order chi connectivity index (χ0) is 33.6. The lowest BCUT2D eigenvalue weighted by atomic mass is 10.0. The Balaban J connectivity index is 3.19. The Morgan fingerprint density at radius 3 is 1.59 bits per heavy atom.